The highest BCUT2D eigenvalue weighted by Gasteiger charge is 2.39. The molecule has 2 unspecified atom stereocenters. The molecule has 3 aromatic heterocycles. The van der Waals surface area contributed by atoms with Crippen molar-refractivity contribution >= 4 is 21.1 Å². The number of pyridine rings is 2. The standard InChI is InChI=1S/C22H22F3N5O2S/c1-13-5-6-15(10-13)30-20(18(11-26)17-4-3-9-27-21(17)30)19-8-7-16(12-28-19)33(31,32)29-14(2)22(23,24)25/h3-4,7-9,12-15,29H,5-6,10H2,1-2H3/t13?,14-,15?/m0/s1. The van der Waals surface area contributed by atoms with Gasteiger partial charge in [0.25, 0.3) is 0 Å². The molecule has 1 N–H and O–H groups in total. The number of fused-ring (bicyclic) bond motifs is 1. The van der Waals surface area contributed by atoms with Gasteiger partial charge in [-0.1, -0.05) is 6.92 Å². The molecule has 0 amide bonds. The lowest BCUT2D eigenvalue weighted by molar-refractivity contribution is -0.147. The highest BCUT2D eigenvalue weighted by molar-refractivity contribution is 7.89. The summed E-state index contributed by atoms with van der Waals surface area (Å²) in [6.07, 6.45) is 0.795. The minimum Gasteiger partial charge on any atom is -0.320 e. The fourth-order valence-corrected chi connectivity index (χ4v) is 5.49. The lowest BCUT2D eigenvalue weighted by Gasteiger charge is -2.18. The monoisotopic (exact) mass is 477 g/mol. The zero-order valence-electron chi connectivity index (χ0n) is 18.0. The molecule has 1 aliphatic rings. The number of halogens is 3. The molecular weight excluding hydrogens is 455 g/mol. The van der Waals surface area contributed by atoms with Crippen molar-refractivity contribution in [3.05, 3.63) is 42.2 Å². The van der Waals surface area contributed by atoms with Crippen LogP contribution < -0.4 is 4.72 Å². The number of rotatable bonds is 5. The average molecular weight is 478 g/mol. The molecule has 0 spiro atoms. The highest BCUT2D eigenvalue weighted by atomic mass is 32.2. The fourth-order valence-electron chi connectivity index (χ4n) is 4.32. The minimum atomic E-state index is -4.71. The van der Waals surface area contributed by atoms with E-state index in [0.717, 1.165) is 32.4 Å². The lowest BCUT2D eigenvalue weighted by Crippen LogP contribution is -2.42. The van der Waals surface area contributed by atoms with Crippen molar-refractivity contribution in [3.8, 4) is 17.5 Å². The molecule has 0 bridgehead atoms. The van der Waals surface area contributed by atoms with Crippen LogP contribution in [0.25, 0.3) is 22.4 Å². The molecule has 0 radical (unpaired) electrons. The molecule has 3 atom stereocenters. The topological polar surface area (TPSA) is 101 Å². The molecular formula is C22H22F3N5O2S. The molecule has 0 aromatic carbocycles. The summed E-state index contributed by atoms with van der Waals surface area (Å²) in [5.41, 5.74) is 1.92. The number of alkyl halides is 3. The second-order valence-corrected chi connectivity index (χ2v) is 10.1. The summed E-state index contributed by atoms with van der Waals surface area (Å²) in [4.78, 5) is 8.34. The van der Waals surface area contributed by atoms with E-state index in [2.05, 4.69) is 23.0 Å². The number of nitrogens with one attached hydrogen (secondary N) is 1. The van der Waals surface area contributed by atoms with Crippen molar-refractivity contribution in [2.45, 2.75) is 56.3 Å². The molecule has 1 fully saturated rings. The maximum atomic E-state index is 12.8. The fraction of sp³-hybridized carbons (Fsp3) is 0.409. The van der Waals surface area contributed by atoms with E-state index >= 15 is 0 Å². The van der Waals surface area contributed by atoms with Gasteiger partial charge >= 0.3 is 6.18 Å². The molecule has 7 nitrogen and oxygen atoms in total. The summed E-state index contributed by atoms with van der Waals surface area (Å²) in [6.45, 7) is 2.89. The number of sulfonamides is 1. The summed E-state index contributed by atoms with van der Waals surface area (Å²) in [7, 11) is -4.43. The van der Waals surface area contributed by atoms with Crippen LogP contribution in [0.1, 0.15) is 44.7 Å². The average Bonchev–Trinajstić information content (AvgIpc) is 3.33. The van der Waals surface area contributed by atoms with Crippen molar-refractivity contribution in [2.75, 3.05) is 0 Å². The summed E-state index contributed by atoms with van der Waals surface area (Å²) in [5, 5.41) is 10.6. The summed E-state index contributed by atoms with van der Waals surface area (Å²) in [6, 6.07) is 6.24. The van der Waals surface area contributed by atoms with E-state index in [1.807, 2.05) is 4.57 Å². The van der Waals surface area contributed by atoms with Gasteiger partial charge in [-0.2, -0.15) is 23.2 Å². The molecule has 11 heteroatoms. The van der Waals surface area contributed by atoms with Crippen LogP contribution in [0.5, 0.6) is 0 Å². The molecule has 33 heavy (non-hydrogen) atoms. The zero-order valence-corrected chi connectivity index (χ0v) is 18.8. The first kappa shape index (κ1) is 23.2. The Morgan fingerprint density at radius 2 is 2.00 bits per heavy atom. The van der Waals surface area contributed by atoms with Gasteiger partial charge < -0.3 is 4.57 Å². The largest absolute Gasteiger partial charge is 0.404 e. The number of aromatic nitrogens is 3. The molecule has 1 saturated carbocycles. The van der Waals surface area contributed by atoms with Gasteiger partial charge in [-0.25, -0.2) is 13.4 Å². The molecule has 174 valence electrons. The van der Waals surface area contributed by atoms with Gasteiger partial charge in [0.2, 0.25) is 10.0 Å². The van der Waals surface area contributed by atoms with Gasteiger partial charge in [0, 0.05) is 23.8 Å². The minimum absolute atomic E-state index is 0.106. The predicted molar refractivity (Wildman–Crippen MR) is 116 cm³/mol. The van der Waals surface area contributed by atoms with Gasteiger partial charge in [-0.3, -0.25) is 4.98 Å². The van der Waals surface area contributed by atoms with E-state index in [1.165, 1.54) is 12.1 Å². The van der Waals surface area contributed by atoms with Crippen LogP contribution >= 0.6 is 0 Å². The number of hydrogen-bond acceptors (Lipinski definition) is 5. The third-order valence-electron chi connectivity index (χ3n) is 6.02. The first-order chi connectivity index (χ1) is 15.5. The molecule has 1 aliphatic carbocycles. The third-order valence-corrected chi connectivity index (χ3v) is 7.54. The predicted octanol–water partition coefficient (Wildman–Crippen LogP) is 4.56. The molecule has 3 heterocycles. The number of nitrogens with zero attached hydrogens (tertiary/aromatic N) is 4. The first-order valence-electron chi connectivity index (χ1n) is 10.5. The van der Waals surface area contributed by atoms with Crippen LogP contribution in [0.4, 0.5) is 13.2 Å². The van der Waals surface area contributed by atoms with Gasteiger partial charge in [0.1, 0.15) is 22.7 Å². The van der Waals surface area contributed by atoms with Crippen LogP contribution in [0, 0.1) is 17.2 Å². The van der Waals surface area contributed by atoms with Crippen molar-refractivity contribution < 1.29 is 21.6 Å². The summed E-state index contributed by atoms with van der Waals surface area (Å²) >= 11 is 0. The Morgan fingerprint density at radius 3 is 2.58 bits per heavy atom. The smallest absolute Gasteiger partial charge is 0.320 e. The Morgan fingerprint density at radius 1 is 1.24 bits per heavy atom. The maximum absolute atomic E-state index is 12.8. The number of nitriles is 1. The van der Waals surface area contributed by atoms with Crippen molar-refractivity contribution in [1.82, 2.24) is 19.3 Å². The van der Waals surface area contributed by atoms with Crippen LogP contribution in [-0.2, 0) is 10.0 Å². The van der Waals surface area contributed by atoms with E-state index < -0.39 is 27.1 Å². The molecule has 3 aromatic rings. The van der Waals surface area contributed by atoms with Crippen LogP contribution in [0.2, 0.25) is 0 Å². The SMILES string of the molecule is CC1CCC(n2c(-c3ccc(S(=O)(=O)N[C@@H](C)C(F)(F)F)cn3)c(C#N)c3cccnc32)C1. The van der Waals surface area contributed by atoms with Gasteiger partial charge in [-0.15, -0.1) is 0 Å². The van der Waals surface area contributed by atoms with Crippen LogP contribution in [-0.4, -0.2) is 35.2 Å². The Hall–Kier alpha value is -2.97. The third kappa shape index (κ3) is 4.32. The summed E-state index contributed by atoms with van der Waals surface area (Å²) in [5.74, 6) is 0.511. The van der Waals surface area contributed by atoms with Crippen molar-refractivity contribution in [1.29, 1.82) is 5.26 Å². The van der Waals surface area contributed by atoms with E-state index in [9.17, 15) is 26.9 Å². The summed E-state index contributed by atoms with van der Waals surface area (Å²) < 4.78 is 66.8. The Bertz CT molecular complexity index is 1330. The van der Waals surface area contributed by atoms with E-state index in [0.29, 0.717) is 33.9 Å². The van der Waals surface area contributed by atoms with Crippen LogP contribution in [0.15, 0.2) is 41.6 Å². The van der Waals surface area contributed by atoms with E-state index in [1.54, 1.807) is 23.1 Å². The Kier molecular flexibility index (Phi) is 5.92. The maximum Gasteiger partial charge on any atom is 0.404 e. The van der Waals surface area contributed by atoms with Crippen LogP contribution in [0.3, 0.4) is 0 Å². The van der Waals surface area contributed by atoms with Crippen molar-refractivity contribution in [2.24, 2.45) is 5.92 Å². The van der Waals surface area contributed by atoms with Gasteiger partial charge in [0.15, 0.2) is 0 Å². The van der Waals surface area contributed by atoms with Gasteiger partial charge in [0.05, 0.1) is 17.0 Å². The zero-order chi connectivity index (χ0) is 24.0. The second-order valence-electron chi connectivity index (χ2n) is 8.42. The molecule has 0 saturated heterocycles. The molecule has 0 aliphatic heterocycles. The normalized spacial score (nSPS) is 20.1. The Balaban J connectivity index is 1.79. The highest BCUT2D eigenvalue weighted by Crippen LogP contribution is 2.42. The second kappa shape index (κ2) is 8.43. The van der Waals surface area contributed by atoms with Crippen molar-refractivity contribution in [3.63, 3.8) is 0 Å². The Labute approximate surface area is 189 Å². The quantitative estimate of drug-likeness (QED) is 0.581. The lowest BCUT2D eigenvalue weighted by atomic mass is 10.1. The first-order valence-corrected chi connectivity index (χ1v) is 12.0. The molecule has 4 rings (SSSR count). The van der Waals surface area contributed by atoms with E-state index in [-0.39, 0.29) is 6.04 Å². The van der Waals surface area contributed by atoms with E-state index in [4.69, 9.17) is 0 Å². The van der Waals surface area contributed by atoms with Gasteiger partial charge in [-0.05, 0) is 56.4 Å². The number of hydrogen-bond donors (Lipinski definition) is 1.